The van der Waals surface area contributed by atoms with Crippen LogP contribution in [0.2, 0.25) is 0 Å². The number of phenols is 1. The number of aryl methyl sites for hydroxylation is 1. The van der Waals surface area contributed by atoms with Crippen LogP contribution in [0, 0.1) is 0 Å². The third-order valence-corrected chi connectivity index (χ3v) is 8.83. The summed E-state index contributed by atoms with van der Waals surface area (Å²) in [6.45, 7) is 12.9. The van der Waals surface area contributed by atoms with E-state index in [2.05, 4.69) is 18.7 Å². The van der Waals surface area contributed by atoms with E-state index in [1.165, 1.54) is 0 Å². The third-order valence-electron chi connectivity index (χ3n) is 8.83. The molecule has 0 atom stereocenters. The van der Waals surface area contributed by atoms with Crippen LogP contribution in [0.25, 0.3) is 11.0 Å². The quantitative estimate of drug-likeness (QED) is 0.0451. The second kappa shape index (κ2) is 30.4. The fourth-order valence-electron chi connectivity index (χ4n) is 5.65. The molecule has 2 aromatic carbocycles. The van der Waals surface area contributed by atoms with Gasteiger partial charge in [-0.15, -0.1) is 0 Å². The van der Waals surface area contributed by atoms with Crippen LogP contribution < -0.4 is 10.5 Å². The summed E-state index contributed by atoms with van der Waals surface area (Å²) < 4.78 is 49.5. The van der Waals surface area contributed by atoms with Crippen molar-refractivity contribution in [1.82, 2.24) is 0 Å². The number of ketones is 2. The van der Waals surface area contributed by atoms with Crippen molar-refractivity contribution in [2.45, 2.75) is 52.4 Å². The van der Waals surface area contributed by atoms with Gasteiger partial charge in [0, 0.05) is 56.1 Å². The molecule has 0 unspecified atom stereocenters. The van der Waals surface area contributed by atoms with Crippen LogP contribution in [0.4, 0.5) is 5.69 Å². The summed E-state index contributed by atoms with van der Waals surface area (Å²) in [7, 11) is 0. The van der Waals surface area contributed by atoms with Gasteiger partial charge in [0.1, 0.15) is 22.7 Å². The Morgan fingerprint density at radius 3 is 1.58 bits per heavy atom. The molecule has 0 aliphatic carbocycles. The molecular weight excluding hydrogens is 738 g/mol. The molecule has 1 heterocycles. The number of hydrogen-bond donors (Lipinski definition) is 1. The Bertz CT molecular complexity index is 1580. The first-order valence-electron chi connectivity index (χ1n) is 20.2. The van der Waals surface area contributed by atoms with Crippen LogP contribution in [-0.2, 0) is 49.1 Å². The number of anilines is 1. The molecule has 3 rings (SSSR count). The number of nitrogens with zero attached hydrogens (tertiary/aromatic N) is 1. The summed E-state index contributed by atoms with van der Waals surface area (Å²) in [5, 5.41) is 10.0. The standard InChI is InChI=1S/C43H63NO13/c1-3-44(4-2)37-13-12-36-33-40(43(48)57-42(36)34-37)41(47)9-6-17-49-19-21-51-23-25-53-27-29-55-31-32-56-30-28-54-26-24-52-22-20-50-18-16-38(45)8-5-7-35-10-14-39(46)15-11-35/h10-15,33-34,46H,3-9,16-32H2,1-2H3. The Morgan fingerprint density at radius 2 is 1.07 bits per heavy atom. The topological polar surface area (TPSA) is 162 Å². The maximum Gasteiger partial charge on any atom is 0.347 e. The fourth-order valence-corrected chi connectivity index (χ4v) is 5.65. The number of benzene rings is 2. The van der Waals surface area contributed by atoms with Crippen LogP contribution in [0.5, 0.6) is 5.75 Å². The van der Waals surface area contributed by atoms with E-state index in [1.54, 1.807) is 18.2 Å². The molecule has 0 radical (unpaired) electrons. The van der Waals surface area contributed by atoms with E-state index in [0.29, 0.717) is 131 Å². The van der Waals surface area contributed by atoms with Gasteiger partial charge in [-0.05, 0) is 69.0 Å². The normalized spacial score (nSPS) is 11.4. The van der Waals surface area contributed by atoms with E-state index in [9.17, 15) is 19.5 Å². The third kappa shape index (κ3) is 21.0. The van der Waals surface area contributed by atoms with Gasteiger partial charge in [0.05, 0.1) is 99.1 Å². The molecule has 0 aliphatic heterocycles. The monoisotopic (exact) mass is 801 g/mol. The molecule has 57 heavy (non-hydrogen) atoms. The second-order valence-electron chi connectivity index (χ2n) is 13.1. The Labute approximate surface area is 336 Å². The highest BCUT2D eigenvalue weighted by atomic mass is 16.6. The van der Waals surface area contributed by atoms with Crippen LogP contribution in [0.1, 0.15) is 61.9 Å². The van der Waals surface area contributed by atoms with E-state index in [1.807, 2.05) is 30.3 Å². The number of aromatic hydroxyl groups is 1. The Morgan fingerprint density at radius 1 is 0.579 bits per heavy atom. The Balaban J connectivity index is 0.997. The van der Waals surface area contributed by atoms with Gasteiger partial charge in [-0.3, -0.25) is 9.59 Å². The predicted molar refractivity (Wildman–Crippen MR) is 217 cm³/mol. The van der Waals surface area contributed by atoms with E-state index < -0.39 is 5.63 Å². The maximum atomic E-state index is 12.7. The van der Waals surface area contributed by atoms with Gasteiger partial charge < -0.3 is 52.3 Å². The molecule has 0 amide bonds. The largest absolute Gasteiger partial charge is 0.508 e. The molecule has 0 saturated carbocycles. The highest BCUT2D eigenvalue weighted by Crippen LogP contribution is 2.22. The van der Waals surface area contributed by atoms with Gasteiger partial charge in [0.2, 0.25) is 0 Å². The van der Waals surface area contributed by atoms with Crippen LogP contribution >= 0.6 is 0 Å². The zero-order valence-corrected chi connectivity index (χ0v) is 33.9. The zero-order chi connectivity index (χ0) is 40.8. The number of hydrogen-bond acceptors (Lipinski definition) is 14. The van der Waals surface area contributed by atoms with Crippen molar-refractivity contribution in [2.24, 2.45) is 0 Å². The van der Waals surface area contributed by atoms with E-state index in [-0.39, 0.29) is 29.3 Å². The van der Waals surface area contributed by atoms with Crippen molar-refractivity contribution in [2.75, 3.05) is 124 Å². The van der Waals surface area contributed by atoms with Gasteiger partial charge in [-0.2, -0.15) is 0 Å². The fraction of sp³-hybridized carbons (Fsp3) is 0.605. The number of fused-ring (bicyclic) bond motifs is 1. The van der Waals surface area contributed by atoms with E-state index >= 15 is 0 Å². The summed E-state index contributed by atoms with van der Waals surface area (Å²) >= 11 is 0. The average molecular weight is 802 g/mol. The first kappa shape index (κ1) is 47.6. The molecule has 0 aliphatic rings. The highest BCUT2D eigenvalue weighted by Gasteiger charge is 2.15. The molecule has 0 bridgehead atoms. The summed E-state index contributed by atoms with van der Waals surface area (Å²) in [6.07, 6.45) is 3.21. The molecule has 0 saturated heterocycles. The number of rotatable bonds is 36. The highest BCUT2D eigenvalue weighted by molar-refractivity contribution is 5.98. The number of ether oxygens (including phenoxy) is 8. The molecule has 1 N–H and O–H groups in total. The molecule has 14 heteroatoms. The van der Waals surface area contributed by atoms with Crippen molar-refractivity contribution >= 4 is 28.2 Å². The van der Waals surface area contributed by atoms with Gasteiger partial charge in [-0.1, -0.05) is 12.1 Å². The molecule has 3 aromatic rings. The second-order valence-corrected chi connectivity index (χ2v) is 13.1. The SMILES string of the molecule is CCN(CC)c1ccc2cc(C(=O)CCCOCCOCCOCCOCCOCCOCCOCCOCCC(=O)CCCc3ccc(O)cc3)c(=O)oc2c1. The zero-order valence-electron chi connectivity index (χ0n) is 33.9. The lowest BCUT2D eigenvalue weighted by Gasteiger charge is -2.20. The van der Waals surface area contributed by atoms with E-state index in [4.69, 9.17) is 42.3 Å². The number of phenolic OH excluding ortho intramolecular Hbond substituents is 1. The van der Waals surface area contributed by atoms with Crippen molar-refractivity contribution in [3.8, 4) is 5.75 Å². The summed E-state index contributed by atoms with van der Waals surface area (Å²) in [6, 6.07) is 14.4. The minimum Gasteiger partial charge on any atom is -0.508 e. The van der Waals surface area contributed by atoms with Gasteiger partial charge in [-0.25, -0.2) is 4.79 Å². The van der Waals surface area contributed by atoms with Gasteiger partial charge in [0.15, 0.2) is 5.78 Å². The summed E-state index contributed by atoms with van der Waals surface area (Å²) in [5.41, 5.74) is 2.01. The van der Waals surface area contributed by atoms with Crippen LogP contribution in [0.15, 0.2) is 57.7 Å². The molecule has 14 nitrogen and oxygen atoms in total. The predicted octanol–water partition coefficient (Wildman–Crippen LogP) is 5.42. The minimum atomic E-state index is -0.614. The summed E-state index contributed by atoms with van der Waals surface area (Å²) in [5.74, 6) is 0.178. The first-order valence-corrected chi connectivity index (χ1v) is 20.2. The molecule has 318 valence electrons. The number of carbonyl (C=O) groups excluding carboxylic acids is 2. The lowest BCUT2D eigenvalue weighted by atomic mass is 10.1. The van der Waals surface area contributed by atoms with Crippen LogP contribution in [-0.4, -0.2) is 135 Å². The van der Waals surface area contributed by atoms with Crippen LogP contribution in [0.3, 0.4) is 0 Å². The summed E-state index contributed by atoms with van der Waals surface area (Å²) in [4.78, 5) is 39.3. The Kier molecular flexibility index (Phi) is 25.4. The van der Waals surface area contributed by atoms with Crippen molar-refractivity contribution in [3.05, 3.63) is 70.1 Å². The number of carbonyl (C=O) groups is 2. The average Bonchev–Trinajstić information content (AvgIpc) is 3.21. The minimum absolute atomic E-state index is 0.0682. The lowest BCUT2D eigenvalue weighted by Crippen LogP contribution is -2.21. The lowest BCUT2D eigenvalue weighted by molar-refractivity contribution is -0.120. The molecule has 1 aromatic heterocycles. The maximum absolute atomic E-state index is 12.7. The van der Waals surface area contributed by atoms with Crippen molar-refractivity contribution < 1.29 is 57.0 Å². The molecular formula is C43H63NO13. The van der Waals surface area contributed by atoms with Gasteiger partial charge >= 0.3 is 5.63 Å². The molecule has 0 fully saturated rings. The molecule has 0 spiro atoms. The van der Waals surface area contributed by atoms with Crippen molar-refractivity contribution in [1.29, 1.82) is 0 Å². The van der Waals surface area contributed by atoms with E-state index in [0.717, 1.165) is 42.6 Å². The first-order chi connectivity index (χ1) is 27.9. The Hall–Kier alpha value is -3.73. The smallest absolute Gasteiger partial charge is 0.347 e. The number of Topliss-reactive ketones (excluding diaryl/α,β-unsaturated/α-hetero) is 2. The van der Waals surface area contributed by atoms with Crippen molar-refractivity contribution in [3.63, 3.8) is 0 Å². The van der Waals surface area contributed by atoms with Gasteiger partial charge in [0.25, 0.3) is 0 Å².